The number of benzene rings is 1. The second kappa shape index (κ2) is 7.40. The normalized spacial score (nSPS) is 17.7. The molecule has 1 aliphatic heterocycles. The third-order valence-corrected chi connectivity index (χ3v) is 6.21. The lowest BCUT2D eigenvalue weighted by Gasteiger charge is -2.33. The van der Waals surface area contributed by atoms with Gasteiger partial charge in [0.25, 0.3) is 0 Å². The maximum absolute atomic E-state index is 12.4. The van der Waals surface area contributed by atoms with Crippen LogP contribution in [-0.2, 0) is 16.6 Å². The van der Waals surface area contributed by atoms with Gasteiger partial charge < -0.3 is 0 Å². The van der Waals surface area contributed by atoms with Crippen LogP contribution in [0.25, 0.3) is 6.08 Å². The van der Waals surface area contributed by atoms with E-state index in [0.29, 0.717) is 13.1 Å². The first-order valence-electron chi connectivity index (χ1n) is 7.60. The summed E-state index contributed by atoms with van der Waals surface area (Å²) in [4.78, 5) is 2.30. The molecule has 0 saturated carbocycles. The zero-order valence-electron chi connectivity index (χ0n) is 12.8. The molecular weight excluding hydrogens is 328 g/mol. The van der Waals surface area contributed by atoms with Gasteiger partial charge in [0.1, 0.15) is 0 Å². The van der Waals surface area contributed by atoms with Gasteiger partial charge in [-0.25, -0.2) is 8.42 Å². The molecule has 1 fully saturated rings. The first-order chi connectivity index (χ1) is 11.1. The highest BCUT2D eigenvalue weighted by Crippen LogP contribution is 2.15. The summed E-state index contributed by atoms with van der Waals surface area (Å²) in [7, 11) is -3.34. The van der Waals surface area contributed by atoms with Crippen molar-refractivity contribution in [2.75, 3.05) is 26.2 Å². The molecule has 0 unspecified atom stereocenters. The van der Waals surface area contributed by atoms with Crippen LogP contribution < -0.4 is 0 Å². The van der Waals surface area contributed by atoms with Gasteiger partial charge in [0.15, 0.2) is 0 Å². The van der Waals surface area contributed by atoms with Gasteiger partial charge in [-0.3, -0.25) is 4.90 Å². The quantitative estimate of drug-likeness (QED) is 0.834. The number of hydrogen-bond acceptors (Lipinski definition) is 4. The van der Waals surface area contributed by atoms with Crippen LogP contribution in [0.1, 0.15) is 11.1 Å². The van der Waals surface area contributed by atoms with Crippen LogP contribution in [0.5, 0.6) is 0 Å². The maximum Gasteiger partial charge on any atom is 0.236 e. The number of rotatable bonds is 5. The summed E-state index contributed by atoms with van der Waals surface area (Å²) in [6.07, 6.45) is 1.66. The molecule has 2 heterocycles. The first kappa shape index (κ1) is 16.4. The van der Waals surface area contributed by atoms with Crippen LogP contribution in [0.15, 0.2) is 52.6 Å². The van der Waals surface area contributed by atoms with E-state index in [4.69, 9.17) is 0 Å². The van der Waals surface area contributed by atoms with Gasteiger partial charge in [0, 0.05) is 38.1 Å². The molecule has 0 spiro atoms. The number of thiophene rings is 1. The van der Waals surface area contributed by atoms with Gasteiger partial charge in [-0.05, 0) is 34.0 Å². The van der Waals surface area contributed by atoms with Gasteiger partial charge in [-0.15, -0.1) is 0 Å². The molecule has 4 nitrogen and oxygen atoms in total. The first-order valence-corrected chi connectivity index (χ1v) is 10.0. The average Bonchev–Trinajstić information content (AvgIpc) is 3.08. The van der Waals surface area contributed by atoms with Gasteiger partial charge >= 0.3 is 0 Å². The fourth-order valence-corrected chi connectivity index (χ4v) is 4.43. The minimum absolute atomic E-state index is 0.547. The van der Waals surface area contributed by atoms with Crippen molar-refractivity contribution >= 4 is 27.4 Å². The fourth-order valence-electron chi connectivity index (χ4n) is 2.60. The van der Waals surface area contributed by atoms with Crippen LogP contribution in [0.3, 0.4) is 0 Å². The zero-order chi connectivity index (χ0) is 16.1. The Balaban J connectivity index is 1.57. The van der Waals surface area contributed by atoms with E-state index in [1.807, 2.05) is 30.3 Å². The molecule has 1 aromatic carbocycles. The number of hydrogen-bond donors (Lipinski definition) is 0. The number of nitrogens with zero attached hydrogens (tertiary/aromatic N) is 2. The largest absolute Gasteiger partial charge is 0.296 e. The van der Waals surface area contributed by atoms with Crippen molar-refractivity contribution < 1.29 is 8.42 Å². The lowest BCUT2D eigenvalue weighted by molar-refractivity contribution is 0.183. The summed E-state index contributed by atoms with van der Waals surface area (Å²) < 4.78 is 26.4. The highest BCUT2D eigenvalue weighted by molar-refractivity contribution is 7.92. The molecule has 0 aliphatic carbocycles. The van der Waals surface area contributed by atoms with Crippen LogP contribution in [0.2, 0.25) is 0 Å². The SMILES string of the molecule is O=S(=O)(C=Cc1ccccc1)N1CCN(Cc2ccsc2)CC1. The third-order valence-electron chi connectivity index (χ3n) is 3.91. The number of sulfonamides is 1. The Morgan fingerprint density at radius 2 is 1.78 bits per heavy atom. The van der Waals surface area contributed by atoms with Crippen molar-refractivity contribution in [2.45, 2.75) is 6.54 Å². The Morgan fingerprint density at radius 1 is 1.04 bits per heavy atom. The molecule has 122 valence electrons. The molecule has 2 aromatic rings. The average molecular weight is 348 g/mol. The van der Waals surface area contributed by atoms with Gasteiger partial charge in [-0.2, -0.15) is 15.6 Å². The van der Waals surface area contributed by atoms with Crippen LogP contribution in [0.4, 0.5) is 0 Å². The van der Waals surface area contributed by atoms with E-state index >= 15 is 0 Å². The van der Waals surface area contributed by atoms with Crippen molar-refractivity contribution in [1.82, 2.24) is 9.21 Å². The van der Waals surface area contributed by atoms with E-state index < -0.39 is 10.0 Å². The zero-order valence-corrected chi connectivity index (χ0v) is 14.5. The minimum Gasteiger partial charge on any atom is -0.296 e. The fraction of sp³-hybridized carbons (Fsp3) is 0.294. The van der Waals surface area contributed by atoms with Crippen LogP contribution in [-0.4, -0.2) is 43.8 Å². The molecule has 0 bridgehead atoms. The van der Waals surface area contributed by atoms with E-state index in [9.17, 15) is 8.42 Å². The van der Waals surface area contributed by atoms with E-state index in [-0.39, 0.29) is 0 Å². The molecule has 0 amide bonds. The molecular formula is C17H20N2O2S2. The second-order valence-corrected chi connectivity index (χ2v) is 8.16. The lowest BCUT2D eigenvalue weighted by atomic mass is 10.2. The maximum atomic E-state index is 12.4. The Bertz CT molecular complexity index is 732. The molecule has 0 N–H and O–H groups in total. The summed E-state index contributed by atoms with van der Waals surface area (Å²) in [6.45, 7) is 3.54. The minimum atomic E-state index is -3.34. The van der Waals surface area contributed by atoms with E-state index in [2.05, 4.69) is 21.7 Å². The molecule has 1 saturated heterocycles. The van der Waals surface area contributed by atoms with Crippen molar-refractivity contribution in [3.05, 3.63) is 63.7 Å². The predicted molar refractivity (Wildman–Crippen MR) is 95.6 cm³/mol. The van der Waals surface area contributed by atoms with Crippen LogP contribution in [0, 0.1) is 0 Å². The Hall–Kier alpha value is -1.47. The van der Waals surface area contributed by atoms with E-state index in [0.717, 1.165) is 25.2 Å². The molecule has 0 radical (unpaired) electrons. The molecule has 1 aliphatic rings. The van der Waals surface area contributed by atoms with E-state index in [1.165, 1.54) is 11.0 Å². The summed E-state index contributed by atoms with van der Waals surface area (Å²) in [5, 5.41) is 5.53. The Labute approximate surface area is 141 Å². The Kier molecular flexibility index (Phi) is 5.27. The van der Waals surface area contributed by atoms with Gasteiger partial charge in [-0.1, -0.05) is 30.3 Å². The summed E-state index contributed by atoms with van der Waals surface area (Å²) in [5.74, 6) is 0. The van der Waals surface area contributed by atoms with Crippen molar-refractivity contribution in [1.29, 1.82) is 0 Å². The lowest BCUT2D eigenvalue weighted by Crippen LogP contribution is -2.47. The van der Waals surface area contributed by atoms with Crippen molar-refractivity contribution in [3.63, 3.8) is 0 Å². The Morgan fingerprint density at radius 3 is 2.43 bits per heavy atom. The summed E-state index contributed by atoms with van der Waals surface area (Å²) >= 11 is 1.70. The second-order valence-electron chi connectivity index (χ2n) is 5.57. The standard InChI is InChI=1S/C17H20N2O2S2/c20-23(21,13-7-16-4-2-1-3-5-16)19-10-8-18(9-11-19)14-17-6-12-22-15-17/h1-7,12-13,15H,8-11,14H2. The smallest absolute Gasteiger partial charge is 0.236 e. The third kappa shape index (κ3) is 4.51. The highest BCUT2D eigenvalue weighted by Gasteiger charge is 2.24. The van der Waals surface area contributed by atoms with Gasteiger partial charge in [0.2, 0.25) is 10.0 Å². The topological polar surface area (TPSA) is 40.6 Å². The molecule has 0 atom stereocenters. The molecule has 6 heteroatoms. The van der Waals surface area contributed by atoms with Gasteiger partial charge in [0.05, 0.1) is 0 Å². The molecule has 1 aromatic heterocycles. The summed E-state index contributed by atoms with van der Waals surface area (Å²) in [6, 6.07) is 11.6. The predicted octanol–water partition coefficient (Wildman–Crippen LogP) is 2.87. The van der Waals surface area contributed by atoms with Crippen LogP contribution >= 0.6 is 11.3 Å². The number of piperazine rings is 1. The monoisotopic (exact) mass is 348 g/mol. The van der Waals surface area contributed by atoms with E-state index in [1.54, 1.807) is 21.7 Å². The summed E-state index contributed by atoms with van der Waals surface area (Å²) in [5.41, 5.74) is 2.20. The molecule has 23 heavy (non-hydrogen) atoms. The van der Waals surface area contributed by atoms with Crippen molar-refractivity contribution in [3.8, 4) is 0 Å². The van der Waals surface area contributed by atoms with Crippen molar-refractivity contribution in [2.24, 2.45) is 0 Å². The molecule has 3 rings (SSSR count). The highest BCUT2D eigenvalue weighted by atomic mass is 32.2.